The highest BCUT2D eigenvalue weighted by Crippen LogP contribution is 2.29. The second-order valence-corrected chi connectivity index (χ2v) is 17.5. The second kappa shape index (κ2) is 24.4. The number of rotatable bonds is 14. The Bertz CT molecular complexity index is 2890. The summed E-state index contributed by atoms with van der Waals surface area (Å²) in [6.45, 7) is 1.55. The van der Waals surface area contributed by atoms with Gasteiger partial charge in [0.25, 0.3) is 17.7 Å². The molecular formula is C52H45N7O4S3. The molecule has 0 aliphatic heterocycles. The summed E-state index contributed by atoms with van der Waals surface area (Å²) in [7, 11) is 1.63. The minimum Gasteiger partial charge on any atom is -0.497 e. The predicted octanol–water partition coefficient (Wildman–Crippen LogP) is 10.7. The molecule has 0 unspecified atom stereocenters. The van der Waals surface area contributed by atoms with Crippen LogP contribution in [0.25, 0.3) is 31.3 Å². The summed E-state index contributed by atoms with van der Waals surface area (Å²) in [6, 6.07) is 46.5. The molecule has 330 valence electrons. The molecule has 66 heavy (non-hydrogen) atoms. The highest BCUT2D eigenvalue weighted by molar-refractivity contribution is 7.18. The van der Waals surface area contributed by atoms with Crippen LogP contribution in [0.15, 0.2) is 189 Å². The van der Waals surface area contributed by atoms with Crippen LogP contribution in [0.2, 0.25) is 0 Å². The van der Waals surface area contributed by atoms with E-state index < -0.39 is 0 Å². The molecule has 14 heteroatoms. The van der Waals surface area contributed by atoms with Gasteiger partial charge in [0.2, 0.25) is 0 Å². The third kappa shape index (κ3) is 13.9. The number of hydrogen-bond donors (Lipinski definition) is 3. The summed E-state index contributed by atoms with van der Waals surface area (Å²) in [5, 5.41) is 8.78. The number of thiophene rings is 3. The Morgan fingerprint density at radius 3 is 1.42 bits per heavy atom. The topological polar surface area (TPSA) is 148 Å². The molecule has 0 saturated carbocycles. The molecule has 0 spiro atoms. The first-order valence-corrected chi connectivity index (χ1v) is 23.3. The van der Waals surface area contributed by atoms with Gasteiger partial charge in [-0.2, -0.15) is 0 Å². The van der Waals surface area contributed by atoms with Crippen molar-refractivity contribution in [3.8, 4) is 37.1 Å². The summed E-state index contributed by atoms with van der Waals surface area (Å²) in [5.41, 5.74) is 6.30. The van der Waals surface area contributed by atoms with Crippen molar-refractivity contribution >= 4 is 51.7 Å². The molecule has 3 N–H and O–H groups in total. The third-order valence-electron chi connectivity index (χ3n) is 9.67. The molecule has 11 nitrogen and oxygen atoms in total. The standard InChI is InChI=1S/C18H16N2O2S.C18H16N2OS.C16H13N3OS/c1-22-15-4-2-3-13(11-15)12-20-18(21)17-6-5-16(23-17)14-7-9-19-10-8-14;21-18(20-13-8-14-4-2-1-3-5-14)17-7-6-16(22-17)15-9-11-19-12-10-15;20-16(19-11-13-3-1-2-8-18-13)15-5-4-14(21-15)12-6-9-17-10-7-12/h2-11H,12H2,1H3,(H,20,21);1-7,9-12H,8,13H2,(H,20,21);1-10H,11H2,(H,19,20). The maximum absolute atomic E-state index is 12.3. The van der Waals surface area contributed by atoms with E-state index in [0.717, 1.165) is 59.6 Å². The molecule has 7 heterocycles. The lowest BCUT2D eigenvalue weighted by atomic mass is 10.1. The van der Waals surface area contributed by atoms with Crippen LogP contribution in [0.5, 0.6) is 5.75 Å². The highest BCUT2D eigenvalue weighted by Gasteiger charge is 2.13. The summed E-state index contributed by atoms with van der Waals surface area (Å²) in [6.07, 6.45) is 13.1. The van der Waals surface area contributed by atoms with Crippen LogP contribution in [-0.4, -0.2) is 51.3 Å². The Morgan fingerprint density at radius 1 is 0.470 bits per heavy atom. The first-order chi connectivity index (χ1) is 32.4. The van der Waals surface area contributed by atoms with E-state index in [2.05, 4.69) is 48.0 Å². The van der Waals surface area contributed by atoms with Crippen LogP contribution in [0.3, 0.4) is 0 Å². The first kappa shape index (κ1) is 46.3. The number of nitrogens with zero attached hydrogens (tertiary/aromatic N) is 4. The van der Waals surface area contributed by atoms with Gasteiger partial charge in [-0.1, -0.05) is 48.5 Å². The van der Waals surface area contributed by atoms with E-state index in [4.69, 9.17) is 4.74 Å². The van der Waals surface area contributed by atoms with Gasteiger partial charge in [-0.05, 0) is 131 Å². The lowest BCUT2D eigenvalue weighted by Crippen LogP contribution is -2.24. The number of pyridine rings is 4. The van der Waals surface area contributed by atoms with Gasteiger partial charge < -0.3 is 20.7 Å². The molecule has 0 aliphatic rings. The van der Waals surface area contributed by atoms with Gasteiger partial charge >= 0.3 is 0 Å². The van der Waals surface area contributed by atoms with Crippen molar-refractivity contribution < 1.29 is 19.1 Å². The van der Waals surface area contributed by atoms with Gasteiger partial charge in [0, 0.05) is 71.1 Å². The molecule has 7 aromatic heterocycles. The van der Waals surface area contributed by atoms with Gasteiger partial charge in [-0.3, -0.25) is 34.3 Å². The zero-order valence-electron chi connectivity index (χ0n) is 35.9. The molecular weight excluding hydrogens is 883 g/mol. The quantitative estimate of drug-likeness (QED) is 0.0976. The number of methoxy groups -OCH3 is 1. The number of carbonyl (C=O) groups excluding carboxylic acids is 3. The number of amides is 3. The fourth-order valence-corrected chi connectivity index (χ4v) is 9.04. The largest absolute Gasteiger partial charge is 0.497 e. The second-order valence-electron chi connectivity index (χ2n) is 14.2. The highest BCUT2D eigenvalue weighted by atomic mass is 32.1. The third-order valence-corrected chi connectivity index (χ3v) is 13.1. The van der Waals surface area contributed by atoms with Crippen molar-refractivity contribution in [2.24, 2.45) is 0 Å². The average Bonchev–Trinajstić information content (AvgIpc) is 4.20. The smallest absolute Gasteiger partial charge is 0.261 e. The molecule has 0 fully saturated rings. The van der Waals surface area contributed by atoms with Crippen molar-refractivity contribution in [1.82, 2.24) is 35.9 Å². The molecule has 0 bridgehead atoms. The summed E-state index contributed by atoms with van der Waals surface area (Å²) >= 11 is 4.44. The monoisotopic (exact) mass is 927 g/mol. The zero-order valence-corrected chi connectivity index (χ0v) is 38.3. The lowest BCUT2D eigenvalue weighted by molar-refractivity contribution is 0.0946. The van der Waals surface area contributed by atoms with Gasteiger partial charge in [0.15, 0.2) is 0 Å². The number of carbonyl (C=O) groups is 3. The number of ether oxygens (including phenoxy) is 1. The lowest BCUT2D eigenvalue weighted by Gasteiger charge is -2.06. The van der Waals surface area contributed by atoms with E-state index in [9.17, 15) is 14.4 Å². The Kier molecular flexibility index (Phi) is 17.1. The fourth-order valence-electron chi connectivity index (χ4n) is 6.26. The van der Waals surface area contributed by atoms with Crippen molar-refractivity contribution in [1.29, 1.82) is 0 Å². The SMILES string of the molecule is COc1cccc(CNC(=O)c2ccc(-c3ccncc3)s2)c1.O=C(NCCc1ccccc1)c1ccc(-c2ccncc2)s1.O=C(NCc1ccccn1)c1ccc(-c2ccncc2)s1. The summed E-state index contributed by atoms with van der Waals surface area (Å²) in [4.78, 5) is 58.1. The molecule has 0 atom stereocenters. The minimum atomic E-state index is -0.0778. The maximum Gasteiger partial charge on any atom is 0.261 e. The van der Waals surface area contributed by atoms with Gasteiger partial charge in [-0.25, -0.2) is 0 Å². The van der Waals surface area contributed by atoms with Crippen LogP contribution >= 0.6 is 34.0 Å². The maximum atomic E-state index is 12.3. The predicted molar refractivity (Wildman–Crippen MR) is 265 cm³/mol. The van der Waals surface area contributed by atoms with Crippen molar-refractivity contribution in [2.45, 2.75) is 19.5 Å². The van der Waals surface area contributed by atoms with Crippen molar-refractivity contribution in [3.63, 3.8) is 0 Å². The van der Waals surface area contributed by atoms with Crippen LogP contribution in [-0.2, 0) is 19.5 Å². The molecule has 0 radical (unpaired) electrons. The molecule has 9 rings (SSSR count). The van der Waals surface area contributed by atoms with E-state index in [1.165, 1.54) is 39.6 Å². The Morgan fingerprint density at radius 2 is 0.939 bits per heavy atom. The normalized spacial score (nSPS) is 10.3. The van der Waals surface area contributed by atoms with E-state index in [-0.39, 0.29) is 17.7 Å². The molecule has 0 aliphatic carbocycles. The van der Waals surface area contributed by atoms with E-state index in [0.29, 0.717) is 29.4 Å². The van der Waals surface area contributed by atoms with Crippen LogP contribution in [0.4, 0.5) is 0 Å². The number of aromatic nitrogens is 4. The number of benzene rings is 2. The summed E-state index contributed by atoms with van der Waals surface area (Å²) in [5.74, 6) is 0.623. The Labute approximate surface area is 395 Å². The van der Waals surface area contributed by atoms with Gasteiger partial charge in [0.05, 0.1) is 34.0 Å². The Balaban J connectivity index is 0.000000147. The van der Waals surface area contributed by atoms with Crippen LogP contribution < -0.4 is 20.7 Å². The van der Waals surface area contributed by atoms with Crippen molar-refractivity contribution in [2.75, 3.05) is 13.7 Å². The molecule has 0 saturated heterocycles. The van der Waals surface area contributed by atoms with Gasteiger partial charge in [0.1, 0.15) is 5.75 Å². The number of nitrogens with one attached hydrogen (secondary N) is 3. The van der Waals surface area contributed by atoms with E-state index >= 15 is 0 Å². The molecule has 9 aromatic rings. The van der Waals surface area contributed by atoms with Gasteiger partial charge in [-0.15, -0.1) is 34.0 Å². The zero-order chi connectivity index (χ0) is 45.8. The van der Waals surface area contributed by atoms with Crippen molar-refractivity contribution in [3.05, 3.63) is 220 Å². The minimum absolute atomic E-state index is 0.0127. The van der Waals surface area contributed by atoms with Crippen LogP contribution in [0.1, 0.15) is 45.8 Å². The molecule has 3 amide bonds. The first-order valence-electron chi connectivity index (χ1n) is 20.8. The number of hydrogen-bond acceptors (Lipinski definition) is 11. The fraction of sp³-hybridized carbons (Fsp3) is 0.0962. The average molecular weight is 928 g/mol. The van der Waals surface area contributed by atoms with Crippen LogP contribution in [0, 0.1) is 0 Å². The van der Waals surface area contributed by atoms with E-state index in [1.807, 2.05) is 133 Å². The molecule has 2 aromatic carbocycles. The Hall–Kier alpha value is -7.65. The van der Waals surface area contributed by atoms with E-state index in [1.54, 1.807) is 50.5 Å². The summed E-state index contributed by atoms with van der Waals surface area (Å²) < 4.78 is 5.18.